The van der Waals surface area contributed by atoms with Gasteiger partial charge in [0, 0.05) is 5.54 Å². The normalized spacial score (nSPS) is 23.6. The second-order valence-electron chi connectivity index (χ2n) is 5.66. The van der Waals surface area contributed by atoms with Crippen molar-refractivity contribution in [3.05, 3.63) is 0 Å². The molecule has 3 nitrogen and oxygen atoms in total. The molecule has 1 heterocycles. The lowest BCUT2D eigenvalue weighted by Crippen LogP contribution is -2.57. The summed E-state index contributed by atoms with van der Waals surface area (Å²) in [6, 6.07) is 0. The monoisotopic (exact) mass is 243 g/mol. The molecule has 0 aromatic carbocycles. The van der Waals surface area contributed by atoms with E-state index >= 15 is 0 Å². The van der Waals surface area contributed by atoms with Crippen LogP contribution in [0.1, 0.15) is 53.4 Å². The minimum absolute atomic E-state index is 0.130. The summed E-state index contributed by atoms with van der Waals surface area (Å²) >= 11 is 0. The first-order chi connectivity index (χ1) is 8.00. The van der Waals surface area contributed by atoms with Gasteiger partial charge in [0.2, 0.25) is 0 Å². The number of nitrogens with zero attached hydrogens (tertiary/aromatic N) is 1. The van der Waals surface area contributed by atoms with Crippen molar-refractivity contribution in [1.29, 1.82) is 0 Å². The Balaban J connectivity index is 2.58. The molecule has 0 aromatic heterocycles. The van der Waals surface area contributed by atoms with Gasteiger partial charge < -0.3 is 9.84 Å². The largest absolute Gasteiger partial charge is 0.389 e. The molecule has 2 unspecified atom stereocenters. The number of hydrogen-bond donors (Lipinski definition) is 1. The Morgan fingerprint density at radius 2 is 1.82 bits per heavy atom. The molecule has 1 rings (SSSR count). The molecule has 17 heavy (non-hydrogen) atoms. The van der Waals surface area contributed by atoms with Crippen molar-refractivity contribution in [3.8, 4) is 0 Å². The third kappa shape index (κ3) is 3.94. The molecule has 2 atom stereocenters. The Morgan fingerprint density at radius 1 is 1.24 bits per heavy atom. The summed E-state index contributed by atoms with van der Waals surface area (Å²) in [5.74, 6) is 0. The van der Waals surface area contributed by atoms with Gasteiger partial charge in [-0.15, -0.1) is 0 Å². The maximum absolute atomic E-state index is 10.4. The molecule has 1 N–H and O–H groups in total. The number of rotatable bonds is 6. The Labute approximate surface area is 106 Å². The maximum Gasteiger partial charge on any atom is 0.0954 e. The summed E-state index contributed by atoms with van der Waals surface area (Å²) in [6.45, 7) is 11.0. The van der Waals surface area contributed by atoms with E-state index in [1.807, 2.05) is 13.8 Å². The summed E-state index contributed by atoms with van der Waals surface area (Å²) in [4.78, 5) is 2.45. The van der Waals surface area contributed by atoms with Crippen LogP contribution in [0, 0.1) is 0 Å². The van der Waals surface area contributed by atoms with E-state index < -0.39 is 6.10 Å². The SMILES string of the molecule is CCC(C)(C(O)COC(C)C)N1CCCCC1. The van der Waals surface area contributed by atoms with E-state index in [-0.39, 0.29) is 11.6 Å². The number of aliphatic hydroxyl groups is 1. The second-order valence-corrected chi connectivity index (χ2v) is 5.66. The van der Waals surface area contributed by atoms with Gasteiger partial charge >= 0.3 is 0 Å². The zero-order valence-electron chi connectivity index (χ0n) is 11.9. The summed E-state index contributed by atoms with van der Waals surface area (Å²) < 4.78 is 5.57. The van der Waals surface area contributed by atoms with Crippen LogP contribution in [0.2, 0.25) is 0 Å². The number of aliphatic hydroxyl groups excluding tert-OH is 1. The Hall–Kier alpha value is -0.120. The third-order valence-corrected chi connectivity index (χ3v) is 4.10. The Bertz CT molecular complexity index is 214. The van der Waals surface area contributed by atoms with Crippen molar-refractivity contribution in [1.82, 2.24) is 4.90 Å². The highest BCUT2D eigenvalue weighted by Crippen LogP contribution is 2.27. The fraction of sp³-hybridized carbons (Fsp3) is 1.00. The number of ether oxygens (including phenoxy) is 1. The van der Waals surface area contributed by atoms with Gasteiger partial charge in [0.05, 0.1) is 18.8 Å². The van der Waals surface area contributed by atoms with E-state index in [1.165, 1.54) is 19.3 Å². The van der Waals surface area contributed by atoms with Crippen LogP contribution >= 0.6 is 0 Å². The predicted molar refractivity (Wildman–Crippen MR) is 71.2 cm³/mol. The first-order valence-electron chi connectivity index (χ1n) is 7.05. The van der Waals surface area contributed by atoms with Crippen molar-refractivity contribution in [3.63, 3.8) is 0 Å². The molecule has 3 heteroatoms. The van der Waals surface area contributed by atoms with Crippen LogP contribution in [-0.4, -0.2) is 47.4 Å². The summed E-state index contributed by atoms with van der Waals surface area (Å²) in [7, 11) is 0. The number of hydrogen-bond acceptors (Lipinski definition) is 3. The van der Waals surface area contributed by atoms with E-state index in [0.29, 0.717) is 6.61 Å². The lowest BCUT2D eigenvalue weighted by molar-refractivity contribution is -0.0829. The molecule has 0 bridgehead atoms. The fourth-order valence-corrected chi connectivity index (χ4v) is 2.54. The van der Waals surface area contributed by atoms with Crippen LogP contribution in [0.5, 0.6) is 0 Å². The quantitative estimate of drug-likeness (QED) is 0.777. The van der Waals surface area contributed by atoms with Gasteiger partial charge in [0.25, 0.3) is 0 Å². The maximum atomic E-state index is 10.4. The molecule has 0 amide bonds. The van der Waals surface area contributed by atoms with Gasteiger partial charge in [-0.1, -0.05) is 13.3 Å². The van der Waals surface area contributed by atoms with Crippen molar-refractivity contribution in [2.75, 3.05) is 19.7 Å². The Morgan fingerprint density at radius 3 is 2.29 bits per heavy atom. The minimum atomic E-state index is -0.395. The van der Waals surface area contributed by atoms with E-state index in [2.05, 4.69) is 18.7 Å². The molecule has 102 valence electrons. The van der Waals surface area contributed by atoms with Crippen LogP contribution in [-0.2, 0) is 4.74 Å². The van der Waals surface area contributed by atoms with Crippen molar-refractivity contribution >= 4 is 0 Å². The van der Waals surface area contributed by atoms with Gasteiger partial charge in [-0.2, -0.15) is 0 Å². The fourth-order valence-electron chi connectivity index (χ4n) is 2.54. The van der Waals surface area contributed by atoms with E-state index in [0.717, 1.165) is 19.5 Å². The molecule has 0 radical (unpaired) electrons. The van der Waals surface area contributed by atoms with Crippen LogP contribution in [0.4, 0.5) is 0 Å². The van der Waals surface area contributed by atoms with Crippen LogP contribution in [0.15, 0.2) is 0 Å². The zero-order chi connectivity index (χ0) is 12.9. The van der Waals surface area contributed by atoms with Crippen molar-refractivity contribution in [2.45, 2.75) is 71.1 Å². The zero-order valence-corrected chi connectivity index (χ0v) is 11.9. The number of likely N-dealkylation sites (tertiary alicyclic amines) is 1. The summed E-state index contributed by atoms with van der Waals surface area (Å²) in [6.07, 6.45) is 4.60. The van der Waals surface area contributed by atoms with E-state index in [9.17, 15) is 5.11 Å². The highest BCUT2D eigenvalue weighted by molar-refractivity contribution is 4.93. The molecule has 0 aromatic rings. The topological polar surface area (TPSA) is 32.7 Å². The molecular weight excluding hydrogens is 214 g/mol. The van der Waals surface area contributed by atoms with Gasteiger partial charge in [0.15, 0.2) is 0 Å². The van der Waals surface area contributed by atoms with Crippen molar-refractivity contribution < 1.29 is 9.84 Å². The molecule has 0 spiro atoms. The summed E-state index contributed by atoms with van der Waals surface area (Å²) in [5.41, 5.74) is -0.130. The molecule has 0 aliphatic carbocycles. The van der Waals surface area contributed by atoms with Gasteiger partial charge in [-0.25, -0.2) is 0 Å². The van der Waals surface area contributed by atoms with Gasteiger partial charge in [-0.3, -0.25) is 4.90 Å². The van der Waals surface area contributed by atoms with E-state index in [1.54, 1.807) is 0 Å². The van der Waals surface area contributed by atoms with Crippen LogP contribution in [0.25, 0.3) is 0 Å². The second kappa shape index (κ2) is 6.72. The van der Waals surface area contributed by atoms with Gasteiger partial charge in [-0.05, 0) is 53.1 Å². The average Bonchev–Trinajstić information content (AvgIpc) is 2.35. The summed E-state index contributed by atoms with van der Waals surface area (Å²) in [5, 5.41) is 10.4. The Kier molecular flexibility index (Phi) is 5.90. The lowest BCUT2D eigenvalue weighted by Gasteiger charge is -2.46. The van der Waals surface area contributed by atoms with Crippen molar-refractivity contribution in [2.24, 2.45) is 0 Å². The van der Waals surface area contributed by atoms with E-state index in [4.69, 9.17) is 4.74 Å². The molecule has 1 aliphatic rings. The predicted octanol–water partition coefficient (Wildman–Crippen LogP) is 2.43. The van der Waals surface area contributed by atoms with Crippen LogP contribution in [0.3, 0.4) is 0 Å². The average molecular weight is 243 g/mol. The highest BCUT2D eigenvalue weighted by Gasteiger charge is 2.37. The smallest absolute Gasteiger partial charge is 0.0954 e. The molecule has 1 fully saturated rings. The first-order valence-corrected chi connectivity index (χ1v) is 7.05. The number of piperidine rings is 1. The van der Waals surface area contributed by atoms with Gasteiger partial charge in [0.1, 0.15) is 0 Å². The molecule has 1 saturated heterocycles. The standard InChI is InChI=1S/C14H29NO2/c1-5-14(4,13(16)11-17-12(2)3)15-9-7-6-8-10-15/h12-13,16H,5-11H2,1-4H3. The first kappa shape index (κ1) is 14.9. The molecule has 0 saturated carbocycles. The molecule has 1 aliphatic heterocycles. The van der Waals surface area contributed by atoms with Crippen LogP contribution < -0.4 is 0 Å². The highest BCUT2D eigenvalue weighted by atomic mass is 16.5. The third-order valence-electron chi connectivity index (χ3n) is 4.10. The minimum Gasteiger partial charge on any atom is -0.389 e. The lowest BCUT2D eigenvalue weighted by atomic mass is 9.88. The molecular formula is C14H29NO2.